The number of aromatic amines is 1. The van der Waals surface area contributed by atoms with Gasteiger partial charge in [-0.3, -0.25) is 4.79 Å². The summed E-state index contributed by atoms with van der Waals surface area (Å²) in [7, 11) is 3.20. The highest BCUT2D eigenvalue weighted by Crippen LogP contribution is 2.30. The van der Waals surface area contributed by atoms with Crippen molar-refractivity contribution in [2.75, 3.05) is 19.5 Å². The number of ether oxygens (including phenoxy) is 2. The number of hydrogen-bond acceptors (Lipinski definition) is 4. The Morgan fingerprint density at radius 1 is 1.00 bits per heavy atom. The number of aromatic nitrogens is 1. The Balaban J connectivity index is 1.86. The molecule has 0 unspecified atom stereocenters. The van der Waals surface area contributed by atoms with Crippen LogP contribution in [0.3, 0.4) is 0 Å². The van der Waals surface area contributed by atoms with Gasteiger partial charge in [-0.1, -0.05) is 19.9 Å². The zero-order valence-corrected chi connectivity index (χ0v) is 15.6. The molecule has 0 aliphatic rings. The third-order valence-corrected chi connectivity index (χ3v) is 4.48. The summed E-state index contributed by atoms with van der Waals surface area (Å²) in [5, 5.41) is 4.32. The molecule has 0 amide bonds. The van der Waals surface area contributed by atoms with Crippen LogP contribution in [0, 0.1) is 0 Å². The number of fused-ring (bicyclic) bond motifs is 1. The maximum absolute atomic E-state index is 12.4. The van der Waals surface area contributed by atoms with Crippen molar-refractivity contribution in [1.29, 1.82) is 0 Å². The number of rotatable bonds is 6. The summed E-state index contributed by atoms with van der Waals surface area (Å²) in [5.41, 5.74) is 3.58. The van der Waals surface area contributed by atoms with Crippen molar-refractivity contribution < 1.29 is 9.47 Å². The molecule has 3 rings (SSSR count). The largest absolute Gasteiger partial charge is 0.493 e. The monoisotopic (exact) mass is 352 g/mol. The van der Waals surface area contributed by atoms with Crippen molar-refractivity contribution in [2.45, 2.75) is 26.3 Å². The molecule has 0 atom stereocenters. The first-order chi connectivity index (χ1) is 12.5. The fourth-order valence-electron chi connectivity index (χ4n) is 2.90. The molecule has 0 radical (unpaired) electrons. The van der Waals surface area contributed by atoms with Crippen molar-refractivity contribution >= 4 is 16.6 Å². The molecule has 0 saturated heterocycles. The van der Waals surface area contributed by atoms with Crippen LogP contribution in [0.2, 0.25) is 0 Å². The third kappa shape index (κ3) is 3.67. The fraction of sp³-hybridized carbons (Fsp3) is 0.286. The number of anilines is 1. The molecular formula is C21H24N2O3. The summed E-state index contributed by atoms with van der Waals surface area (Å²) in [5.74, 6) is 1.76. The lowest BCUT2D eigenvalue weighted by Gasteiger charge is -2.12. The molecule has 3 aromatic rings. The molecule has 0 fully saturated rings. The molecule has 26 heavy (non-hydrogen) atoms. The second kappa shape index (κ2) is 7.52. The Morgan fingerprint density at radius 2 is 1.77 bits per heavy atom. The smallest absolute Gasteiger partial charge is 0.253 e. The molecule has 0 aliphatic carbocycles. The van der Waals surface area contributed by atoms with E-state index in [0.29, 0.717) is 29.5 Å². The molecule has 0 saturated carbocycles. The van der Waals surface area contributed by atoms with Crippen molar-refractivity contribution in [3.05, 3.63) is 63.9 Å². The van der Waals surface area contributed by atoms with Crippen LogP contribution < -0.4 is 20.3 Å². The van der Waals surface area contributed by atoms with Gasteiger partial charge in [0.05, 0.1) is 14.2 Å². The van der Waals surface area contributed by atoms with Gasteiger partial charge in [0.2, 0.25) is 0 Å². The summed E-state index contributed by atoms with van der Waals surface area (Å²) in [6.45, 7) is 4.74. The lowest BCUT2D eigenvalue weighted by molar-refractivity contribution is 0.355. The molecule has 2 N–H and O–H groups in total. The van der Waals surface area contributed by atoms with Gasteiger partial charge >= 0.3 is 0 Å². The van der Waals surface area contributed by atoms with E-state index in [2.05, 4.69) is 36.3 Å². The number of nitrogens with one attached hydrogen (secondary N) is 2. The average molecular weight is 352 g/mol. The van der Waals surface area contributed by atoms with Gasteiger partial charge < -0.3 is 19.8 Å². The molecule has 1 aromatic heterocycles. The standard InChI is InChI=1S/C21H24N2O3/c1-13(2)14-5-7-18-15(9-14)10-16(21(24)23-18)12-22-17-6-8-19(25-3)20(11-17)26-4/h5-11,13,22H,12H2,1-4H3,(H,23,24). The summed E-state index contributed by atoms with van der Waals surface area (Å²) >= 11 is 0. The van der Waals surface area contributed by atoms with Crippen LogP contribution in [0.25, 0.3) is 10.9 Å². The minimum Gasteiger partial charge on any atom is -0.493 e. The number of hydrogen-bond donors (Lipinski definition) is 2. The molecule has 5 nitrogen and oxygen atoms in total. The van der Waals surface area contributed by atoms with E-state index in [1.54, 1.807) is 14.2 Å². The van der Waals surface area contributed by atoms with Gasteiger partial charge in [-0.25, -0.2) is 0 Å². The van der Waals surface area contributed by atoms with Crippen LogP contribution in [0.1, 0.15) is 30.9 Å². The predicted molar refractivity (Wildman–Crippen MR) is 106 cm³/mol. The van der Waals surface area contributed by atoms with E-state index >= 15 is 0 Å². The Labute approximate surface area is 153 Å². The number of methoxy groups -OCH3 is 2. The maximum atomic E-state index is 12.4. The first-order valence-electron chi connectivity index (χ1n) is 8.63. The Morgan fingerprint density at radius 3 is 2.46 bits per heavy atom. The zero-order chi connectivity index (χ0) is 18.7. The van der Waals surface area contributed by atoms with Gasteiger partial charge in [-0.05, 0) is 47.2 Å². The quantitative estimate of drug-likeness (QED) is 0.695. The van der Waals surface area contributed by atoms with Gasteiger partial charge in [0.25, 0.3) is 5.56 Å². The topological polar surface area (TPSA) is 63.3 Å². The van der Waals surface area contributed by atoms with E-state index in [9.17, 15) is 4.79 Å². The normalized spacial score (nSPS) is 11.0. The van der Waals surface area contributed by atoms with E-state index in [-0.39, 0.29) is 5.56 Å². The minimum absolute atomic E-state index is 0.0808. The average Bonchev–Trinajstić information content (AvgIpc) is 2.65. The van der Waals surface area contributed by atoms with E-state index in [1.807, 2.05) is 30.3 Å². The SMILES string of the molecule is COc1ccc(NCc2cc3cc(C(C)C)ccc3[nH]c2=O)cc1OC. The summed E-state index contributed by atoms with van der Waals surface area (Å²) in [6.07, 6.45) is 0. The van der Waals surface area contributed by atoms with E-state index in [0.717, 1.165) is 16.6 Å². The highest BCUT2D eigenvalue weighted by molar-refractivity contribution is 5.80. The molecule has 136 valence electrons. The highest BCUT2D eigenvalue weighted by atomic mass is 16.5. The number of benzene rings is 2. The molecule has 0 aliphatic heterocycles. The van der Waals surface area contributed by atoms with Crippen LogP contribution in [0.15, 0.2) is 47.3 Å². The predicted octanol–water partition coefficient (Wildman–Crippen LogP) is 4.28. The minimum atomic E-state index is -0.0808. The Kier molecular flexibility index (Phi) is 5.16. The summed E-state index contributed by atoms with van der Waals surface area (Å²) in [4.78, 5) is 15.3. The van der Waals surface area contributed by atoms with Crippen molar-refractivity contribution in [2.24, 2.45) is 0 Å². The lowest BCUT2D eigenvalue weighted by Crippen LogP contribution is -2.15. The van der Waals surface area contributed by atoms with Gasteiger partial charge in [-0.2, -0.15) is 0 Å². The molecule has 0 spiro atoms. The molecular weight excluding hydrogens is 328 g/mol. The second-order valence-corrected chi connectivity index (χ2v) is 6.55. The molecule has 0 bridgehead atoms. The van der Waals surface area contributed by atoms with Gasteiger partial charge in [-0.15, -0.1) is 0 Å². The van der Waals surface area contributed by atoms with Gasteiger partial charge in [0, 0.05) is 29.4 Å². The third-order valence-electron chi connectivity index (χ3n) is 4.48. The highest BCUT2D eigenvalue weighted by Gasteiger charge is 2.08. The van der Waals surface area contributed by atoms with Crippen LogP contribution in [-0.4, -0.2) is 19.2 Å². The number of pyridine rings is 1. The van der Waals surface area contributed by atoms with E-state index < -0.39 is 0 Å². The van der Waals surface area contributed by atoms with E-state index in [4.69, 9.17) is 9.47 Å². The maximum Gasteiger partial charge on any atom is 0.253 e. The molecule has 5 heteroatoms. The summed E-state index contributed by atoms with van der Waals surface area (Å²) < 4.78 is 10.6. The first-order valence-corrected chi connectivity index (χ1v) is 8.63. The van der Waals surface area contributed by atoms with Crippen molar-refractivity contribution in [1.82, 2.24) is 4.98 Å². The van der Waals surface area contributed by atoms with Crippen molar-refractivity contribution in [3.8, 4) is 11.5 Å². The zero-order valence-electron chi connectivity index (χ0n) is 15.6. The van der Waals surface area contributed by atoms with Crippen LogP contribution in [-0.2, 0) is 6.54 Å². The summed E-state index contributed by atoms with van der Waals surface area (Å²) in [6, 6.07) is 13.7. The van der Waals surface area contributed by atoms with E-state index in [1.165, 1.54) is 5.56 Å². The Bertz CT molecular complexity index is 977. The van der Waals surface area contributed by atoms with Gasteiger partial charge in [0.15, 0.2) is 11.5 Å². The molecule has 2 aromatic carbocycles. The first kappa shape index (κ1) is 17.9. The lowest BCUT2D eigenvalue weighted by atomic mass is 10.0. The van der Waals surface area contributed by atoms with Crippen molar-refractivity contribution in [3.63, 3.8) is 0 Å². The number of H-pyrrole nitrogens is 1. The van der Waals surface area contributed by atoms with Crippen LogP contribution in [0.5, 0.6) is 11.5 Å². The van der Waals surface area contributed by atoms with Gasteiger partial charge in [0.1, 0.15) is 0 Å². The van der Waals surface area contributed by atoms with Crippen LogP contribution >= 0.6 is 0 Å². The van der Waals surface area contributed by atoms with Crippen LogP contribution in [0.4, 0.5) is 5.69 Å². The fourth-order valence-corrected chi connectivity index (χ4v) is 2.90. The Hall–Kier alpha value is -2.95. The second-order valence-electron chi connectivity index (χ2n) is 6.55. The molecule has 1 heterocycles.